The van der Waals surface area contributed by atoms with E-state index in [0.29, 0.717) is 5.56 Å². The molecule has 0 aromatic heterocycles. The fraction of sp³-hybridized carbons (Fsp3) is 0.462. The highest BCUT2D eigenvalue weighted by Crippen LogP contribution is 2.13. The van der Waals surface area contributed by atoms with Crippen LogP contribution in [0.1, 0.15) is 36.0 Å². The van der Waals surface area contributed by atoms with E-state index in [1.807, 2.05) is 0 Å². The predicted octanol–water partition coefficient (Wildman–Crippen LogP) is 2.54. The highest BCUT2D eigenvalue weighted by atomic mass is 19.1. The van der Waals surface area contributed by atoms with E-state index in [0.717, 1.165) is 25.8 Å². The topological polar surface area (TPSA) is 29.1 Å². The van der Waals surface area contributed by atoms with Crippen LogP contribution in [0, 0.1) is 5.82 Å². The molecule has 1 aliphatic heterocycles. The zero-order valence-corrected chi connectivity index (χ0v) is 9.21. The molecular weight excluding hydrogens is 205 g/mol. The van der Waals surface area contributed by atoms with Gasteiger partial charge < -0.3 is 5.32 Å². The van der Waals surface area contributed by atoms with E-state index in [-0.39, 0.29) is 17.6 Å². The SMILES string of the molecule is O=C(c1ccc(F)cc1)C1CCCCCN1. The van der Waals surface area contributed by atoms with Crippen LogP contribution in [0.2, 0.25) is 0 Å². The Balaban J connectivity index is 2.08. The van der Waals surface area contributed by atoms with Gasteiger partial charge in [-0.1, -0.05) is 12.8 Å². The summed E-state index contributed by atoms with van der Waals surface area (Å²) in [5.74, 6) is -0.215. The Morgan fingerprint density at radius 2 is 1.94 bits per heavy atom. The minimum absolute atomic E-state index is 0.0851. The maximum atomic E-state index is 12.7. The van der Waals surface area contributed by atoms with Gasteiger partial charge in [0.2, 0.25) is 0 Å². The Morgan fingerprint density at radius 3 is 2.69 bits per heavy atom. The maximum absolute atomic E-state index is 12.7. The second kappa shape index (κ2) is 5.21. The summed E-state index contributed by atoms with van der Waals surface area (Å²) in [6, 6.07) is 5.70. The zero-order chi connectivity index (χ0) is 11.4. The number of rotatable bonds is 2. The molecule has 1 saturated heterocycles. The molecule has 1 aliphatic rings. The standard InChI is InChI=1S/C13H16FNO/c14-11-7-5-10(6-8-11)13(16)12-4-2-1-3-9-15-12/h5-8,12,15H,1-4,9H2. The van der Waals surface area contributed by atoms with Gasteiger partial charge in [0.15, 0.2) is 5.78 Å². The van der Waals surface area contributed by atoms with Gasteiger partial charge in [0.1, 0.15) is 5.82 Å². The average Bonchev–Trinajstić information content (AvgIpc) is 2.57. The molecule has 1 unspecified atom stereocenters. The summed E-state index contributed by atoms with van der Waals surface area (Å²) < 4.78 is 12.7. The second-order valence-electron chi connectivity index (χ2n) is 4.23. The smallest absolute Gasteiger partial charge is 0.179 e. The van der Waals surface area contributed by atoms with Crippen LogP contribution >= 0.6 is 0 Å². The Morgan fingerprint density at radius 1 is 1.19 bits per heavy atom. The minimum Gasteiger partial charge on any atom is -0.307 e. The molecule has 0 aliphatic carbocycles. The number of carbonyl (C=O) groups is 1. The largest absolute Gasteiger partial charge is 0.307 e. The molecule has 2 nitrogen and oxygen atoms in total. The van der Waals surface area contributed by atoms with Crippen LogP contribution in [0.5, 0.6) is 0 Å². The number of Topliss-reactive ketones (excluding diaryl/α,β-unsaturated/α-hetero) is 1. The van der Waals surface area contributed by atoms with Crippen molar-refractivity contribution in [3.63, 3.8) is 0 Å². The summed E-state index contributed by atoms with van der Waals surface area (Å²) >= 11 is 0. The monoisotopic (exact) mass is 221 g/mol. The number of halogens is 1. The van der Waals surface area contributed by atoms with Crippen LogP contribution in [0.3, 0.4) is 0 Å². The molecule has 1 aromatic carbocycles. The molecule has 1 atom stereocenters. The Kier molecular flexibility index (Phi) is 3.67. The molecule has 1 fully saturated rings. The first-order chi connectivity index (χ1) is 7.77. The van der Waals surface area contributed by atoms with Gasteiger partial charge in [-0.3, -0.25) is 4.79 Å². The van der Waals surface area contributed by atoms with Crippen LogP contribution in [0.15, 0.2) is 24.3 Å². The summed E-state index contributed by atoms with van der Waals surface area (Å²) in [5, 5.41) is 3.25. The molecule has 1 heterocycles. The number of carbonyl (C=O) groups excluding carboxylic acids is 1. The number of hydrogen-bond donors (Lipinski definition) is 1. The molecular formula is C13H16FNO. The van der Waals surface area contributed by atoms with Gasteiger partial charge in [-0.15, -0.1) is 0 Å². The molecule has 3 heteroatoms. The average molecular weight is 221 g/mol. The van der Waals surface area contributed by atoms with Crippen LogP contribution in [0.4, 0.5) is 4.39 Å². The normalized spacial score (nSPS) is 21.4. The van der Waals surface area contributed by atoms with E-state index in [9.17, 15) is 9.18 Å². The highest BCUT2D eigenvalue weighted by Gasteiger charge is 2.20. The predicted molar refractivity (Wildman–Crippen MR) is 61.0 cm³/mol. The summed E-state index contributed by atoms with van der Waals surface area (Å²) in [4.78, 5) is 12.1. The number of nitrogens with one attached hydrogen (secondary N) is 1. The number of ketones is 1. The molecule has 86 valence electrons. The first-order valence-electron chi connectivity index (χ1n) is 5.80. The molecule has 1 aromatic rings. The van der Waals surface area contributed by atoms with Crippen molar-refractivity contribution < 1.29 is 9.18 Å². The van der Waals surface area contributed by atoms with Gasteiger partial charge in [-0.25, -0.2) is 4.39 Å². The van der Waals surface area contributed by atoms with Gasteiger partial charge in [0.25, 0.3) is 0 Å². The van der Waals surface area contributed by atoms with Crippen molar-refractivity contribution in [3.05, 3.63) is 35.6 Å². The Bertz CT molecular complexity index is 353. The first-order valence-corrected chi connectivity index (χ1v) is 5.80. The molecule has 2 rings (SSSR count). The van der Waals surface area contributed by atoms with Crippen molar-refractivity contribution in [1.82, 2.24) is 5.32 Å². The fourth-order valence-electron chi connectivity index (χ4n) is 2.07. The summed E-state index contributed by atoms with van der Waals surface area (Å²) in [5.41, 5.74) is 0.598. The van der Waals surface area contributed by atoms with E-state index < -0.39 is 0 Å². The lowest BCUT2D eigenvalue weighted by Crippen LogP contribution is -2.36. The lowest BCUT2D eigenvalue weighted by atomic mass is 10.0. The first kappa shape index (κ1) is 11.3. The lowest BCUT2D eigenvalue weighted by Gasteiger charge is -2.14. The third-order valence-corrected chi connectivity index (χ3v) is 3.01. The van der Waals surface area contributed by atoms with Gasteiger partial charge in [-0.2, -0.15) is 0 Å². The third-order valence-electron chi connectivity index (χ3n) is 3.01. The van der Waals surface area contributed by atoms with E-state index >= 15 is 0 Å². The molecule has 0 saturated carbocycles. The fourth-order valence-corrected chi connectivity index (χ4v) is 2.07. The minimum atomic E-state index is -0.301. The summed E-state index contributed by atoms with van der Waals surface area (Å²) in [7, 11) is 0. The summed E-state index contributed by atoms with van der Waals surface area (Å²) in [6.07, 6.45) is 4.29. The van der Waals surface area contributed by atoms with Crippen molar-refractivity contribution >= 4 is 5.78 Å². The van der Waals surface area contributed by atoms with E-state index in [2.05, 4.69) is 5.32 Å². The quantitative estimate of drug-likeness (QED) is 0.777. The van der Waals surface area contributed by atoms with Gasteiger partial charge in [-0.05, 0) is 43.7 Å². The summed E-state index contributed by atoms with van der Waals surface area (Å²) in [6.45, 7) is 0.900. The van der Waals surface area contributed by atoms with Crippen LogP contribution in [0.25, 0.3) is 0 Å². The molecule has 0 amide bonds. The third kappa shape index (κ3) is 2.67. The van der Waals surface area contributed by atoms with Crippen LogP contribution in [-0.4, -0.2) is 18.4 Å². The lowest BCUT2D eigenvalue weighted by molar-refractivity contribution is 0.0940. The molecule has 0 spiro atoms. The van der Waals surface area contributed by atoms with Gasteiger partial charge >= 0.3 is 0 Å². The highest BCUT2D eigenvalue weighted by molar-refractivity contribution is 6.00. The Labute approximate surface area is 94.9 Å². The van der Waals surface area contributed by atoms with Crippen molar-refractivity contribution in [2.75, 3.05) is 6.54 Å². The zero-order valence-electron chi connectivity index (χ0n) is 9.21. The maximum Gasteiger partial charge on any atom is 0.179 e. The van der Waals surface area contributed by atoms with Crippen molar-refractivity contribution in [2.24, 2.45) is 0 Å². The van der Waals surface area contributed by atoms with Crippen molar-refractivity contribution in [2.45, 2.75) is 31.7 Å². The van der Waals surface area contributed by atoms with Gasteiger partial charge in [0, 0.05) is 5.56 Å². The van der Waals surface area contributed by atoms with E-state index in [1.54, 1.807) is 12.1 Å². The van der Waals surface area contributed by atoms with Crippen molar-refractivity contribution in [1.29, 1.82) is 0 Å². The Hall–Kier alpha value is -1.22. The molecule has 1 N–H and O–H groups in total. The van der Waals surface area contributed by atoms with Crippen LogP contribution in [-0.2, 0) is 0 Å². The van der Waals surface area contributed by atoms with Crippen molar-refractivity contribution in [3.8, 4) is 0 Å². The second-order valence-corrected chi connectivity index (χ2v) is 4.23. The number of hydrogen-bond acceptors (Lipinski definition) is 2. The molecule has 0 bridgehead atoms. The van der Waals surface area contributed by atoms with Crippen LogP contribution < -0.4 is 5.32 Å². The van der Waals surface area contributed by atoms with E-state index in [4.69, 9.17) is 0 Å². The molecule has 16 heavy (non-hydrogen) atoms. The number of benzene rings is 1. The van der Waals surface area contributed by atoms with Gasteiger partial charge in [0.05, 0.1) is 6.04 Å². The molecule has 0 radical (unpaired) electrons. The van der Waals surface area contributed by atoms with E-state index in [1.165, 1.54) is 18.6 Å².